The maximum Gasteiger partial charge on any atom is 0.00197 e. The predicted octanol–water partition coefficient (Wildman–Crippen LogP) is 3.13. The monoisotopic (exact) mass is 158 g/mol. The van der Waals surface area contributed by atoms with E-state index in [1.807, 2.05) is 0 Å². The minimum absolute atomic E-state index is 0.511. The molecule has 0 nitrogen and oxygen atoms in total. The zero-order chi connectivity index (χ0) is 7.78. The van der Waals surface area contributed by atoms with Crippen LogP contribution in [0.4, 0.5) is 0 Å². The smallest absolute Gasteiger partial charge is 0.00197 e. The molecular formula is C9H18S. The van der Waals surface area contributed by atoms with Crippen molar-refractivity contribution in [1.29, 1.82) is 0 Å². The molecule has 1 aliphatic carbocycles. The topological polar surface area (TPSA) is 0 Å². The van der Waals surface area contributed by atoms with Gasteiger partial charge in [0.1, 0.15) is 0 Å². The summed E-state index contributed by atoms with van der Waals surface area (Å²) < 4.78 is 0. The van der Waals surface area contributed by atoms with Gasteiger partial charge in [-0.2, -0.15) is 12.6 Å². The van der Waals surface area contributed by atoms with E-state index in [0.717, 1.165) is 5.92 Å². The van der Waals surface area contributed by atoms with Crippen molar-refractivity contribution in [3.8, 4) is 0 Å². The number of hydrogen-bond donors (Lipinski definition) is 1. The van der Waals surface area contributed by atoms with Gasteiger partial charge in [0.2, 0.25) is 0 Å². The molecule has 1 fully saturated rings. The number of hydrogen-bond acceptors (Lipinski definition) is 1. The Bertz CT molecular complexity index is 112. The molecule has 10 heavy (non-hydrogen) atoms. The van der Waals surface area contributed by atoms with E-state index in [0.29, 0.717) is 10.7 Å². The van der Waals surface area contributed by atoms with E-state index in [4.69, 9.17) is 0 Å². The Balaban J connectivity index is 2.45. The summed E-state index contributed by atoms with van der Waals surface area (Å²) in [5, 5.41) is 0.684. The van der Waals surface area contributed by atoms with Gasteiger partial charge in [0.05, 0.1) is 0 Å². The largest absolute Gasteiger partial charge is 0.176 e. The lowest BCUT2D eigenvalue weighted by atomic mass is 9.80. The highest BCUT2D eigenvalue weighted by Gasteiger charge is 2.31. The maximum absolute atomic E-state index is 4.48. The van der Waals surface area contributed by atoms with Gasteiger partial charge >= 0.3 is 0 Å². The van der Waals surface area contributed by atoms with E-state index >= 15 is 0 Å². The van der Waals surface area contributed by atoms with E-state index in [2.05, 4.69) is 33.4 Å². The van der Waals surface area contributed by atoms with Crippen LogP contribution in [0.2, 0.25) is 0 Å². The van der Waals surface area contributed by atoms with Crippen molar-refractivity contribution < 1.29 is 0 Å². The molecule has 2 atom stereocenters. The van der Waals surface area contributed by atoms with Crippen LogP contribution >= 0.6 is 12.6 Å². The molecule has 0 amide bonds. The third kappa shape index (κ3) is 1.91. The molecule has 1 heteroatoms. The van der Waals surface area contributed by atoms with Gasteiger partial charge in [-0.15, -0.1) is 0 Å². The molecule has 0 bridgehead atoms. The fourth-order valence-corrected chi connectivity index (χ4v) is 2.15. The third-order valence-electron chi connectivity index (χ3n) is 2.63. The molecular weight excluding hydrogens is 140 g/mol. The average Bonchev–Trinajstić information content (AvgIpc) is 2.11. The van der Waals surface area contributed by atoms with Crippen LogP contribution in [0.3, 0.4) is 0 Å². The first-order valence-corrected chi connectivity index (χ1v) is 4.70. The third-order valence-corrected chi connectivity index (χ3v) is 3.10. The molecule has 1 aliphatic rings. The Kier molecular flexibility index (Phi) is 2.34. The van der Waals surface area contributed by atoms with Gasteiger partial charge in [-0.25, -0.2) is 0 Å². The van der Waals surface area contributed by atoms with Gasteiger partial charge in [0.15, 0.2) is 0 Å². The highest BCUT2D eigenvalue weighted by molar-refractivity contribution is 7.80. The lowest BCUT2D eigenvalue weighted by molar-refractivity contribution is 0.247. The Morgan fingerprint density at radius 1 is 1.20 bits per heavy atom. The number of thiol groups is 1. The number of rotatable bonds is 0. The standard InChI is InChI=1S/C9H18S/c1-9(2,3)7-4-5-8(10)6-7/h7-8,10H,4-6H2,1-3H3. The summed E-state index contributed by atoms with van der Waals surface area (Å²) in [4.78, 5) is 0. The Labute approximate surface area is 69.8 Å². The fourth-order valence-electron chi connectivity index (χ4n) is 1.74. The minimum Gasteiger partial charge on any atom is -0.176 e. The first-order valence-electron chi connectivity index (χ1n) is 4.18. The Hall–Kier alpha value is 0.350. The zero-order valence-corrected chi connectivity index (χ0v) is 8.12. The van der Waals surface area contributed by atoms with E-state index in [9.17, 15) is 0 Å². The summed E-state index contributed by atoms with van der Waals surface area (Å²) in [6.07, 6.45) is 4.04. The van der Waals surface area contributed by atoms with Crippen LogP contribution in [0.15, 0.2) is 0 Å². The molecule has 0 radical (unpaired) electrons. The first-order chi connectivity index (χ1) is 4.50. The van der Waals surface area contributed by atoms with Crippen molar-refractivity contribution in [2.24, 2.45) is 11.3 Å². The van der Waals surface area contributed by atoms with Crippen LogP contribution in [0.5, 0.6) is 0 Å². The normalized spacial score (nSPS) is 34.8. The van der Waals surface area contributed by atoms with Gasteiger partial charge in [-0.1, -0.05) is 20.8 Å². The second-order valence-electron chi connectivity index (χ2n) is 4.53. The lowest BCUT2D eigenvalue weighted by Crippen LogP contribution is -2.17. The molecule has 0 heterocycles. The van der Waals surface area contributed by atoms with Gasteiger partial charge in [-0.05, 0) is 30.6 Å². The van der Waals surface area contributed by atoms with E-state index < -0.39 is 0 Å². The van der Waals surface area contributed by atoms with Crippen LogP contribution in [0, 0.1) is 11.3 Å². The minimum atomic E-state index is 0.511. The van der Waals surface area contributed by atoms with E-state index in [-0.39, 0.29) is 0 Å². The molecule has 1 rings (SSSR count). The summed E-state index contributed by atoms with van der Waals surface area (Å²) in [6, 6.07) is 0. The first kappa shape index (κ1) is 8.45. The van der Waals surface area contributed by atoms with E-state index in [1.54, 1.807) is 0 Å². The molecule has 0 aromatic heterocycles. The van der Waals surface area contributed by atoms with Crippen molar-refractivity contribution in [3.05, 3.63) is 0 Å². The summed E-state index contributed by atoms with van der Waals surface area (Å²) in [7, 11) is 0. The van der Waals surface area contributed by atoms with Crippen molar-refractivity contribution in [2.75, 3.05) is 0 Å². The molecule has 0 spiro atoms. The van der Waals surface area contributed by atoms with Crippen LogP contribution in [-0.2, 0) is 0 Å². The van der Waals surface area contributed by atoms with Crippen molar-refractivity contribution in [2.45, 2.75) is 45.3 Å². The van der Waals surface area contributed by atoms with Crippen LogP contribution in [0.25, 0.3) is 0 Å². The highest BCUT2D eigenvalue weighted by Crippen LogP contribution is 2.40. The van der Waals surface area contributed by atoms with Gasteiger partial charge < -0.3 is 0 Å². The fraction of sp³-hybridized carbons (Fsp3) is 1.00. The van der Waals surface area contributed by atoms with Crippen LogP contribution in [0.1, 0.15) is 40.0 Å². The molecule has 2 unspecified atom stereocenters. The zero-order valence-electron chi connectivity index (χ0n) is 7.22. The molecule has 0 aromatic rings. The second-order valence-corrected chi connectivity index (χ2v) is 5.26. The Morgan fingerprint density at radius 2 is 1.80 bits per heavy atom. The van der Waals surface area contributed by atoms with Crippen LogP contribution < -0.4 is 0 Å². The predicted molar refractivity (Wildman–Crippen MR) is 49.6 cm³/mol. The molecule has 0 aliphatic heterocycles. The second kappa shape index (κ2) is 2.77. The molecule has 0 aromatic carbocycles. The van der Waals surface area contributed by atoms with Gasteiger partial charge in [0, 0.05) is 5.25 Å². The van der Waals surface area contributed by atoms with E-state index in [1.165, 1.54) is 19.3 Å². The summed E-state index contributed by atoms with van der Waals surface area (Å²) in [5.74, 6) is 0.912. The Morgan fingerprint density at radius 3 is 2.00 bits per heavy atom. The molecule has 0 saturated heterocycles. The summed E-state index contributed by atoms with van der Waals surface area (Å²) in [6.45, 7) is 7.01. The maximum atomic E-state index is 4.48. The molecule has 60 valence electrons. The summed E-state index contributed by atoms with van der Waals surface area (Å²) in [5.41, 5.74) is 0.511. The quantitative estimate of drug-likeness (QED) is 0.514. The summed E-state index contributed by atoms with van der Waals surface area (Å²) >= 11 is 4.48. The average molecular weight is 158 g/mol. The van der Waals surface area contributed by atoms with Gasteiger partial charge in [-0.3, -0.25) is 0 Å². The van der Waals surface area contributed by atoms with Gasteiger partial charge in [0.25, 0.3) is 0 Å². The van der Waals surface area contributed by atoms with Crippen molar-refractivity contribution in [1.82, 2.24) is 0 Å². The molecule has 0 N–H and O–H groups in total. The van der Waals surface area contributed by atoms with Crippen molar-refractivity contribution in [3.63, 3.8) is 0 Å². The lowest BCUT2D eigenvalue weighted by Gasteiger charge is -2.26. The molecule has 1 saturated carbocycles. The van der Waals surface area contributed by atoms with Crippen molar-refractivity contribution >= 4 is 12.6 Å². The highest BCUT2D eigenvalue weighted by atomic mass is 32.1. The SMILES string of the molecule is CC(C)(C)C1CCC(S)C1. The van der Waals surface area contributed by atoms with Crippen LogP contribution in [-0.4, -0.2) is 5.25 Å².